The first kappa shape index (κ1) is 14.5. The molecule has 0 bridgehead atoms. The number of H-pyrrole nitrogens is 1. The fourth-order valence-corrected chi connectivity index (χ4v) is 4.41. The quantitative estimate of drug-likeness (QED) is 0.731. The summed E-state index contributed by atoms with van der Waals surface area (Å²) in [6.45, 7) is 8.65. The van der Waals surface area contributed by atoms with E-state index in [0.717, 1.165) is 28.0 Å². The van der Waals surface area contributed by atoms with Gasteiger partial charge in [0.15, 0.2) is 10.4 Å². The minimum atomic E-state index is 0.205. The van der Waals surface area contributed by atoms with Crippen LogP contribution in [-0.4, -0.2) is 19.3 Å². The van der Waals surface area contributed by atoms with Crippen molar-refractivity contribution in [3.63, 3.8) is 0 Å². The molecule has 0 aliphatic carbocycles. The zero-order valence-electron chi connectivity index (χ0n) is 13.0. The van der Waals surface area contributed by atoms with E-state index in [4.69, 9.17) is 12.2 Å². The van der Waals surface area contributed by atoms with Crippen LogP contribution < -0.4 is 0 Å². The van der Waals surface area contributed by atoms with Gasteiger partial charge in [-0.15, -0.1) is 11.3 Å². The molecular weight excluding hydrogens is 300 g/mol. The van der Waals surface area contributed by atoms with Crippen LogP contribution in [0.5, 0.6) is 0 Å². The van der Waals surface area contributed by atoms with E-state index >= 15 is 0 Å². The summed E-state index contributed by atoms with van der Waals surface area (Å²) in [5.41, 5.74) is 4.56. The molecule has 0 radical (unpaired) electrons. The summed E-state index contributed by atoms with van der Waals surface area (Å²) < 4.78 is 4.89. The first-order valence-corrected chi connectivity index (χ1v) is 8.39. The molecule has 1 unspecified atom stereocenters. The highest BCUT2D eigenvalue weighted by molar-refractivity contribution is 7.71. The highest BCUT2D eigenvalue weighted by atomic mass is 32.1. The Morgan fingerprint density at radius 2 is 2.14 bits per heavy atom. The molecule has 112 valence electrons. The summed E-state index contributed by atoms with van der Waals surface area (Å²) in [4.78, 5) is 6.04. The van der Waals surface area contributed by atoms with Gasteiger partial charge in [0.1, 0.15) is 5.52 Å². The Kier molecular flexibility index (Phi) is 3.53. The first-order valence-electron chi connectivity index (χ1n) is 7.17. The number of nitrogens with zero attached hydrogens (tertiary/aromatic N) is 3. The lowest BCUT2D eigenvalue weighted by Crippen LogP contribution is -2.10. The Labute approximate surface area is 133 Å². The Balaban J connectivity index is 2.25. The number of aromatic nitrogens is 4. The number of hydrogen-bond acceptors (Lipinski definition) is 3. The molecule has 0 aromatic carbocycles. The van der Waals surface area contributed by atoms with E-state index in [2.05, 4.69) is 48.4 Å². The van der Waals surface area contributed by atoms with E-state index in [1.807, 2.05) is 23.1 Å². The van der Waals surface area contributed by atoms with Crippen LogP contribution >= 0.6 is 23.6 Å². The van der Waals surface area contributed by atoms with Crippen LogP contribution in [0, 0.1) is 18.6 Å². The number of aromatic amines is 1. The van der Waals surface area contributed by atoms with Gasteiger partial charge >= 0.3 is 0 Å². The van der Waals surface area contributed by atoms with Crippen LogP contribution in [-0.2, 0) is 13.5 Å². The zero-order valence-corrected chi connectivity index (χ0v) is 14.7. The highest BCUT2D eigenvalue weighted by Gasteiger charge is 2.20. The lowest BCUT2D eigenvalue weighted by molar-refractivity contribution is 0.618. The van der Waals surface area contributed by atoms with Crippen molar-refractivity contribution in [2.75, 3.05) is 0 Å². The molecule has 21 heavy (non-hydrogen) atoms. The second kappa shape index (κ2) is 5.10. The molecule has 0 aliphatic rings. The highest BCUT2D eigenvalue weighted by Crippen LogP contribution is 2.31. The maximum Gasteiger partial charge on any atom is 0.179 e. The summed E-state index contributed by atoms with van der Waals surface area (Å²) in [5.74, 6) is 0. The second-order valence-corrected chi connectivity index (χ2v) is 7.31. The van der Waals surface area contributed by atoms with E-state index in [9.17, 15) is 0 Å². The van der Waals surface area contributed by atoms with Crippen molar-refractivity contribution >= 4 is 34.7 Å². The van der Waals surface area contributed by atoms with Crippen LogP contribution in [0.25, 0.3) is 11.2 Å². The fourth-order valence-electron chi connectivity index (χ4n) is 3.05. The van der Waals surface area contributed by atoms with Crippen molar-refractivity contribution in [1.82, 2.24) is 19.3 Å². The summed E-state index contributed by atoms with van der Waals surface area (Å²) in [5, 5.41) is 4.59. The lowest BCUT2D eigenvalue weighted by Gasteiger charge is -2.14. The number of aryl methyl sites for hydroxylation is 4. The number of hydrogen-bond donors (Lipinski definition) is 1. The monoisotopic (exact) mass is 320 g/mol. The number of thiophene rings is 1. The van der Waals surface area contributed by atoms with Gasteiger partial charge in [-0.25, -0.2) is 0 Å². The molecule has 3 aromatic rings. The Morgan fingerprint density at radius 3 is 2.71 bits per heavy atom. The van der Waals surface area contributed by atoms with E-state index in [0.29, 0.717) is 0 Å². The van der Waals surface area contributed by atoms with Crippen molar-refractivity contribution < 1.29 is 0 Å². The van der Waals surface area contributed by atoms with Gasteiger partial charge in [0.2, 0.25) is 0 Å². The number of fused-ring (bicyclic) bond motifs is 1. The van der Waals surface area contributed by atoms with Crippen LogP contribution in [0.1, 0.15) is 40.9 Å². The van der Waals surface area contributed by atoms with Gasteiger partial charge < -0.3 is 4.98 Å². The van der Waals surface area contributed by atoms with Crippen molar-refractivity contribution in [3.8, 4) is 0 Å². The minimum absolute atomic E-state index is 0.205. The SMILES string of the molecule is CCc1nn(C)c2c1[nH]c(=S)n2C(C)c1cc(C)sc1C. The number of rotatable bonds is 3. The third-order valence-corrected chi connectivity index (χ3v) is 5.30. The van der Waals surface area contributed by atoms with E-state index in [-0.39, 0.29) is 6.04 Å². The summed E-state index contributed by atoms with van der Waals surface area (Å²) in [7, 11) is 1.99. The molecule has 3 rings (SSSR count). The largest absolute Gasteiger partial charge is 0.328 e. The predicted molar refractivity (Wildman–Crippen MR) is 90.9 cm³/mol. The molecule has 4 nitrogen and oxygen atoms in total. The molecule has 3 heterocycles. The molecule has 0 saturated heterocycles. The first-order chi connectivity index (χ1) is 9.93. The Bertz CT molecular complexity index is 862. The standard InChI is InChI=1S/C15H20N4S2/c1-6-12-13-14(18(5)17-12)19(15(20)16-13)9(3)11-7-8(2)21-10(11)4/h7,9H,6H2,1-5H3,(H,16,20). The van der Waals surface area contributed by atoms with Gasteiger partial charge in [0, 0.05) is 16.8 Å². The molecule has 3 aromatic heterocycles. The summed E-state index contributed by atoms with van der Waals surface area (Å²) >= 11 is 7.41. The second-order valence-electron chi connectivity index (χ2n) is 5.47. The Hall–Kier alpha value is -1.40. The third kappa shape index (κ3) is 2.17. The smallest absolute Gasteiger partial charge is 0.179 e. The maximum atomic E-state index is 5.57. The molecule has 0 amide bonds. The minimum Gasteiger partial charge on any atom is -0.328 e. The average Bonchev–Trinajstić information content (AvgIpc) is 3.03. The van der Waals surface area contributed by atoms with Gasteiger partial charge in [-0.05, 0) is 51.0 Å². The van der Waals surface area contributed by atoms with Crippen molar-refractivity contribution in [3.05, 3.63) is 31.8 Å². The molecule has 6 heteroatoms. The van der Waals surface area contributed by atoms with Crippen molar-refractivity contribution in [1.29, 1.82) is 0 Å². The van der Waals surface area contributed by atoms with Crippen LogP contribution in [0.4, 0.5) is 0 Å². The topological polar surface area (TPSA) is 38.5 Å². The summed E-state index contributed by atoms with van der Waals surface area (Å²) in [6.07, 6.45) is 0.900. The molecule has 0 saturated carbocycles. The van der Waals surface area contributed by atoms with E-state index < -0.39 is 0 Å². The molecule has 0 aliphatic heterocycles. The van der Waals surface area contributed by atoms with Crippen molar-refractivity contribution in [2.45, 2.75) is 40.2 Å². The van der Waals surface area contributed by atoms with Crippen LogP contribution in [0.3, 0.4) is 0 Å². The van der Waals surface area contributed by atoms with Crippen molar-refractivity contribution in [2.24, 2.45) is 7.05 Å². The summed E-state index contributed by atoms with van der Waals surface area (Å²) in [6, 6.07) is 2.47. The lowest BCUT2D eigenvalue weighted by atomic mass is 10.1. The van der Waals surface area contributed by atoms with Crippen LogP contribution in [0.15, 0.2) is 6.07 Å². The third-order valence-electron chi connectivity index (χ3n) is 4.02. The zero-order chi connectivity index (χ0) is 15.3. The predicted octanol–water partition coefficient (Wildman–Crippen LogP) is 4.28. The van der Waals surface area contributed by atoms with Gasteiger partial charge in [-0.2, -0.15) is 5.10 Å². The number of nitrogens with one attached hydrogen (secondary N) is 1. The number of imidazole rings is 1. The molecular formula is C15H20N4S2. The maximum absolute atomic E-state index is 5.57. The molecule has 1 N–H and O–H groups in total. The van der Waals surface area contributed by atoms with Gasteiger partial charge in [0.25, 0.3) is 0 Å². The van der Waals surface area contributed by atoms with Gasteiger partial charge in [0.05, 0.1) is 11.7 Å². The molecule has 0 spiro atoms. The normalized spacial score (nSPS) is 13.2. The van der Waals surface area contributed by atoms with Crippen LogP contribution in [0.2, 0.25) is 0 Å². The van der Waals surface area contributed by atoms with Gasteiger partial charge in [-0.3, -0.25) is 9.25 Å². The fraction of sp³-hybridized carbons (Fsp3) is 0.467. The molecule has 1 atom stereocenters. The average molecular weight is 320 g/mol. The Morgan fingerprint density at radius 1 is 1.43 bits per heavy atom. The molecule has 0 fully saturated rings. The van der Waals surface area contributed by atoms with E-state index in [1.165, 1.54) is 15.3 Å². The van der Waals surface area contributed by atoms with E-state index in [1.54, 1.807) is 0 Å². The van der Waals surface area contributed by atoms with Gasteiger partial charge in [-0.1, -0.05) is 6.92 Å².